The van der Waals surface area contributed by atoms with Crippen LogP contribution in [0.25, 0.3) is 0 Å². The Morgan fingerprint density at radius 1 is 0.722 bits per heavy atom. The molecule has 0 radical (unpaired) electrons. The van der Waals surface area contributed by atoms with Crippen LogP contribution in [0.1, 0.15) is 15.9 Å². The van der Waals surface area contributed by atoms with E-state index in [1.54, 1.807) is 30.3 Å². The molecule has 0 bridgehead atoms. The van der Waals surface area contributed by atoms with Gasteiger partial charge >= 0.3 is 30.2 Å². The molecule has 16 heteroatoms. The lowest BCUT2D eigenvalue weighted by Gasteiger charge is -2.34. The third kappa shape index (κ3) is 6.03. The lowest BCUT2D eigenvalue weighted by Crippen LogP contribution is -2.62. The van der Waals surface area contributed by atoms with Gasteiger partial charge in [-0.1, -0.05) is 30.3 Å². The molecular formula is C20H13F11N2O3. The Balaban J connectivity index is 2.19. The Hall–Kier alpha value is -3.43. The van der Waals surface area contributed by atoms with Crippen molar-refractivity contribution in [2.45, 2.75) is 36.8 Å². The number of benzene rings is 2. The number of anilines is 1. The number of carbonyl (C=O) groups is 2. The number of amides is 2. The van der Waals surface area contributed by atoms with Crippen molar-refractivity contribution in [1.29, 1.82) is 0 Å². The monoisotopic (exact) mass is 538 g/mol. The molecule has 1 unspecified atom stereocenters. The number of alkyl halides is 11. The van der Waals surface area contributed by atoms with E-state index < -0.39 is 47.7 Å². The largest absolute Gasteiger partial charge is 0.462 e. The predicted octanol–water partition coefficient (Wildman–Crippen LogP) is 5.59. The van der Waals surface area contributed by atoms with Crippen LogP contribution >= 0.6 is 0 Å². The van der Waals surface area contributed by atoms with Gasteiger partial charge in [-0.3, -0.25) is 14.3 Å². The summed E-state index contributed by atoms with van der Waals surface area (Å²) in [6, 6.07) is 11.7. The van der Waals surface area contributed by atoms with E-state index in [0.717, 1.165) is 17.4 Å². The van der Waals surface area contributed by atoms with Crippen LogP contribution in [-0.4, -0.2) is 42.1 Å². The van der Waals surface area contributed by atoms with Crippen molar-refractivity contribution >= 4 is 17.5 Å². The van der Waals surface area contributed by atoms with Gasteiger partial charge in [-0.05, 0) is 29.8 Å². The van der Waals surface area contributed by atoms with Crippen LogP contribution in [0.5, 0.6) is 0 Å². The Morgan fingerprint density at radius 2 is 1.25 bits per heavy atom. The lowest BCUT2D eigenvalue weighted by atomic mass is 10.1. The molecule has 0 fully saturated rings. The molecule has 2 aromatic carbocycles. The molecule has 5 nitrogen and oxygen atoms in total. The second-order valence-corrected chi connectivity index (χ2v) is 6.98. The Morgan fingerprint density at radius 3 is 1.72 bits per heavy atom. The predicted molar refractivity (Wildman–Crippen MR) is 99.6 cm³/mol. The maximum absolute atomic E-state index is 14.3. The molecule has 0 saturated heterocycles. The van der Waals surface area contributed by atoms with Crippen molar-refractivity contribution < 1.29 is 62.6 Å². The van der Waals surface area contributed by atoms with Gasteiger partial charge in [-0.25, -0.2) is 0 Å². The minimum absolute atomic E-state index is 0.0717. The summed E-state index contributed by atoms with van der Waals surface area (Å²) >= 11 is 0. The summed E-state index contributed by atoms with van der Waals surface area (Å²) in [7, 11) is 0. The Bertz CT molecular complexity index is 1070. The number of nitrogens with one attached hydrogen (secondary N) is 2. The van der Waals surface area contributed by atoms with E-state index >= 15 is 0 Å². The minimum Gasteiger partial charge on any atom is -0.348 e. The van der Waals surface area contributed by atoms with Crippen LogP contribution in [0.15, 0.2) is 54.6 Å². The third-order valence-corrected chi connectivity index (χ3v) is 4.35. The highest BCUT2D eigenvalue weighted by Gasteiger charge is 2.79. The number of carbonyl (C=O) groups excluding carboxylic acids is 2. The molecule has 0 saturated carbocycles. The first-order chi connectivity index (χ1) is 16.3. The summed E-state index contributed by atoms with van der Waals surface area (Å²) in [5.41, 5.74) is -0.201. The fourth-order valence-electron chi connectivity index (χ4n) is 2.44. The lowest BCUT2D eigenvalue weighted by molar-refractivity contribution is -0.472. The average molecular weight is 538 g/mol. The maximum atomic E-state index is 14.3. The van der Waals surface area contributed by atoms with E-state index in [9.17, 15) is 57.9 Å². The summed E-state index contributed by atoms with van der Waals surface area (Å²) in [6.45, 7) is 0.0717. The molecule has 2 aromatic rings. The molecule has 0 aromatic heterocycles. The highest BCUT2D eigenvalue weighted by molar-refractivity contribution is 5.98. The van der Waals surface area contributed by atoms with Crippen LogP contribution in [0.2, 0.25) is 0 Å². The van der Waals surface area contributed by atoms with E-state index in [1.165, 1.54) is 0 Å². The van der Waals surface area contributed by atoms with E-state index in [4.69, 9.17) is 0 Å². The van der Waals surface area contributed by atoms with Crippen LogP contribution in [-0.2, 0) is 16.1 Å². The van der Waals surface area contributed by atoms with Gasteiger partial charge in [0, 0.05) is 17.8 Å². The number of halogens is 11. The van der Waals surface area contributed by atoms with Gasteiger partial charge < -0.3 is 10.6 Å². The summed E-state index contributed by atoms with van der Waals surface area (Å²) < 4.78 is 144. The fourth-order valence-corrected chi connectivity index (χ4v) is 2.44. The van der Waals surface area contributed by atoms with Crippen LogP contribution in [0.4, 0.5) is 54.0 Å². The van der Waals surface area contributed by atoms with Gasteiger partial charge in [0.25, 0.3) is 11.8 Å². The quantitative estimate of drug-likeness (QED) is 0.431. The van der Waals surface area contributed by atoms with Crippen molar-refractivity contribution in [2.24, 2.45) is 0 Å². The molecule has 0 aliphatic carbocycles. The topological polar surface area (TPSA) is 67.4 Å². The standard InChI is InChI=1S/C20H13F11N2O3/c21-16(18(24,25)26,36-20(30,31)17(22,23)19(27,28)29)15(35)33-13-8-6-12(7-9-13)14(34)32-10-11-4-2-1-3-5-11/h1-9H,10H2,(H,32,34)(H,33,35). The van der Waals surface area contributed by atoms with Gasteiger partial charge in [-0.15, -0.1) is 0 Å². The van der Waals surface area contributed by atoms with Crippen molar-refractivity contribution in [2.75, 3.05) is 5.32 Å². The number of hydrogen-bond acceptors (Lipinski definition) is 3. The SMILES string of the molecule is O=C(NCc1ccccc1)c1ccc(NC(=O)C(F)(OC(F)(F)C(F)(F)C(F)(F)F)C(F)(F)F)cc1. The van der Waals surface area contributed by atoms with Gasteiger partial charge in [-0.2, -0.15) is 48.3 Å². The van der Waals surface area contributed by atoms with Crippen LogP contribution in [0, 0.1) is 0 Å². The zero-order valence-electron chi connectivity index (χ0n) is 17.3. The van der Waals surface area contributed by atoms with E-state index in [1.807, 2.05) is 0 Å². The van der Waals surface area contributed by atoms with E-state index in [0.29, 0.717) is 17.7 Å². The molecule has 36 heavy (non-hydrogen) atoms. The van der Waals surface area contributed by atoms with E-state index in [2.05, 4.69) is 10.1 Å². The molecule has 0 aliphatic rings. The zero-order chi connectivity index (χ0) is 27.6. The minimum atomic E-state index is -7.29. The van der Waals surface area contributed by atoms with Gasteiger partial charge in [0.05, 0.1) is 0 Å². The third-order valence-electron chi connectivity index (χ3n) is 4.35. The summed E-state index contributed by atoms with van der Waals surface area (Å²) in [5, 5.41) is 3.55. The smallest absolute Gasteiger partial charge is 0.348 e. The van der Waals surface area contributed by atoms with Crippen molar-refractivity contribution in [3.05, 3.63) is 65.7 Å². The van der Waals surface area contributed by atoms with Crippen molar-refractivity contribution in [3.63, 3.8) is 0 Å². The number of ether oxygens (including phenoxy) is 1. The first-order valence-electron chi connectivity index (χ1n) is 9.33. The number of hydrogen-bond donors (Lipinski definition) is 2. The van der Waals surface area contributed by atoms with Crippen molar-refractivity contribution in [3.8, 4) is 0 Å². The zero-order valence-corrected chi connectivity index (χ0v) is 17.3. The molecule has 0 heterocycles. The number of rotatable bonds is 8. The van der Waals surface area contributed by atoms with E-state index in [-0.39, 0.29) is 12.1 Å². The van der Waals surface area contributed by atoms with Crippen LogP contribution < -0.4 is 10.6 Å². The first kappa shape index (κ1) is 28.8. The molecule has 2 N–H and O–H groups in total. The fraction of sp³-hybridized carbons (Fsp3) is 0.300. The summed E-state index contributed by atoms with van der Waals surface area (Å²) in [4.78, 5) is 23.8. The first-order valence-corrected chi connectivity index (χ1v) is 9.33. The molecular weight excluding hydrogens is 525 g/mol. The Kier molecular flexibility index (Phi) is 7.93. The average Bonchev–Trinajstić information content (AvgIpc) is 2.76. The molecule has 198 valence electrons. The van der Waals surface area contributed by atoms with Gasteiger partial charge in [0.1, 0.15) is 0 Å². The molecule has 2 amide bonds. The second kappa shape index (κ2) is 9.91. The molecule has 2 rings (SSSR count). The summed E-state index contributed by atoms with van der Waals surface area (Å²) in [6.07, 6.45) is -21.1. The Labute approximate surface area is 194 Å². The molecule has 0 aliphatic heterocycles. The van der Waals surface area contributed by atoms with Crippen LogP contribution in [0.3, 0.4) is 0 Å². The van der Waals surface area contributed by atoms with Crippen molar-refractivity contribution in [1.82, 2.24) is 5.32 Å². The van der Waals surface area contributed by atoms with Gasteiger partial charge in [0.2, 0.25) is 0 Å². The molecule has 0 spiro atoms. The van der Waals surface area contributed by atoms with Gasteiger partial charge in [0.15, 0.2) is 0 Å². The maximum Gasteiger partial charge on any atom is 0.462 e. The summed E-state index contributed by atoms with van der Waals surface area (Å²) in [5.74, 6) is -17.5. The normalized spacial score (nSPS) is 14.6. The highest BCUT2D eigenvalue weighted by atomic mass is 19.4. The molecule has 1 atom stereocenters. The second-order valence-electron chi connectivity index (χ2n) is 6.98. The highest BCUT2D eigenvalue weighted by Crippen LogP contribution is 2.51.